The summed E-state index contributed by atoms with van der Waals surface area (Å²) in [6, 6.07) is 6.53. The van der Waals surface area contributed by atoms with E-state index in [1.807, 2.05) is 26.8 Å². The molecule has 1 unspecified atom stereocenters. The van der Waals surface area contributed by atoms with Gasteiger partial charge in [0, 0.05) is 48.8 Å². The molecule has 146 valence electrons. The highest BCUT2D eigenvalue weighted by molar-refractivity contribution is 7.89. The van der Waals surface area contributed by atoms with Crippen LogP contribution in [0.15, 0.2) is 41.6 Å². The van der Waals surface area contributed by atoms with E-state index in [2.05, 4.69) is 4.98 Å². The molecular formula is C19H25N3O4S. The highest BCUT2D eigenvalue weighted by Crippen LogP contribution is 2.28. The smallest absolute Gasteiger partial charge is 0.410 e. The van der Waals surface area contributed by atoms with E-state index in [1.54, 1.807) is 42.4 Å². The molecule has 0 radical (unpaired) electrons. The second kappa shape index (κ2) is 7.09. The van der Waals surface area contributed by atoms with E-state index in [0.29, 0.717) is 18.5 Å². The van der Waals surface area contributed by atoms with Crippen LogP contribution in [0.1, 0.15) is 27.7 Å². The van der Waals surface area contributed by atoms with E-state index in [9.17, 15) is 13.2 Å². The largest absolute Gasteiger partial charge is 0.444 e. The molecule has 2 aromatic rings. The molecule has 1 aliphatic heterocycles. The van der Waals surface area contributed by atoms with Gasteiger partial charge in [0.15, 0.2) is 0 Å². The molecule has 0 saturated carbocycles. The van der Waals surface area contributed by atoms with Gasteiger partial charge in [0.2, 0.25) is 10.0 Å². The molecule has 0 spiro atoms. The highest BCUT2D eigenvalue weighted by atomic mass is 32.2. The van der Waals surface area contributed by atoms with Gasteiger partial charge in [0.25, 0.3) is 0 Å². The fraction of sp³-hybridized carbons (Fsp3) is 0.474. The van der Waals surface area contributed by atoms with Crippen LogP contribution in [0.3, 0.4) is 0 Å². The van der Waals surface area contributed by atoms with Gasteiger partial charge < -0.3 is 9.64 Å². The lowest BCUT2D eigenvalue weighted by atomic mass is 10.2. The van der Waals surface area contributed by atoms with Gasteiger partial charge in [-0.3, -0.25) is 4.98 Å². The van der Waals surface area contributed by atoms with E-state index in [-0.39, 0.29) is 17.5 Å². The summed E-state index contributed by atoms with van der Waals surface area (Å²) in [6.45, 7) is 8.05. The lowest BCUT2D eigenvalue weighted by molar-refractivity contribution is 0.0143. The van der Waals surface area contributed by atoms with Gasteiger partial charge in [0.1, 0.15) is 5.60 Å². The standard InChI is InChI=1S/C19H25N3O4S/c1-14-13-21(18(23)26-19(2,3)4)10-11-22(14)27(24,25)17-7-5-6-15-12-20-9-8-16(15)17/h5-9,12,14H,10-11,13H2,1-4H3. The summed E-state index contributed by atoms with van der Waals surface area (Å²) in [5.74, 6) is 0. The van der Waals surface area contributed by atoms with Crippen molar-refractivity contribution in [2.45, 2.75) is 44.2 Å². The van der Waals surface area contributed by atoms with Crippen molar-refractivity contribution in [2.75, 3.05) is 19.6 Å². The predicted molar refractivity (Wildman–Crippen MR) is 103 cm³/mol. The minimum absolute atomic E-state index is 0.226. The number of rotatable bonds is 2. The Hall–Kier alpha value is -2.19. The molecule has 1 aliphatic rings. The van der Waals surface area contributed by atoms with Crippen molar-refractivity contribution in [3.05, 3.63) is 36.7 Å². The quantitative estimate of drug-likeness (QED) is 0.786. The molecule has 8 heteroatoms. The maximum Gasteiger partial charge on any atom is 0.410 e. The number of pyridine rings is 1. The third-order valence-corrected chi connectivity index (χ3v) is 6.52. The molecule has 1 aromatic carbocycles. The Kier molecular flexibility index (Phi) is 5.14. The number of fused-ring (bicyclic) bond motifs is 1. The average molecular weight is 391 g/mol. The lowest BCUT2D eigenvalue weighted by Gasteiger charge is -2.39. The number of amides is 1. The predicted octanol–water partition coefficient (Wildman–Crippen LogP) is 2.86. The summed E-state index contributed by atoms with van der Waals surface area (Å²) in [7, 11) is -3.70. The zero-order valence-electron chi connectivity index (χ0n) is 16.0. The first-order valence-corrected chi connectivity index (χ1v) is 10.4. The van der Waals surface area contributed by atoms with Crippen LogP contribution in [0.2, 0.25) is 0 Å². The number of piperazine rings is 1. The van der Waals surface area contributed by atoms with E-state index < -0.39 is 21.7 Å². The van der Waals surface area contributed by atoms with Gasteiger partial charge in [0.05, 0.1) is 4.90 Å². The summed E-state index contributed by atoms with van der Waals surface area (Å²) in [6.07, 6.45) is 2.83. The minimum atomic E-state index is -3.70. The molecule has 1 fully saturated rings. The average Bonchev–Trinajstić information content (AvgIpc) is 2.59. The number of carbonyl (C=O) groups excluding carboxylic acids is 1. The van der Waals surface area contributed by atoms with E-state index in [1.165, 1.54) is 4.31 Å². The van der Waals surface area contributed by atoms with E-state index in [4.69, 9.17) is 4.74 Å². The first kappa shape index (κ1) is 19.6. The zero-order chi connectivity index (χ0) is 19.8. The first-order chi connectivity index (χ1) is 12.6. The third kappa shape index (κ3) is 4.06. The fourth-order valence-electron chi connectivity index (χ4n) is 3.23. The van der Waals surface area contributed by atoms with Gasteiger partial charge in [-0.15, -0.1) is 0 Å². The van der Waals surface area contributed by atoms with E-state index in [0.717, 1.165) is 5.39 Å². The summed E-state index contributed by atoms with van der Waals surface area (Å²) in [5.41, 5.74) is -0.583. The van der Waals surface area contributed by atoms with Crippen LogP contribution in [0.4, 0.5) is 4.79 Å². The monoisotopic (exact) mass is 391 g/mol. The van der Waals surface area contributed by atoms with Crippen LogP contribution in [0.5, 0.6) is 0 Å². The fourth-order valence-corrected chi connectivity index (χ4v) is 5.06. The van der Waals surface area contributed by atoms with E-state index >= 15 is 0 Å². The summed E-state index contributed by atoms with van der Waals surface area (Å²) < 4.78 is 33.4. The molecule has 1 aromatic heterocycles. The second-order valence-corrected chi connectivity index (χ2v) is 9.60. The van der Waals surface area contributed by atoms with Crippen LogP contribution >= 0.6 is 0 Å². The maximum atomic E-state index is 13.3. The van der Waals surface area contributed by atoms with Crippen molar-refractivity contribution in [3.63, 3.8) is 0 Å². The van der Waals surface area contributed by atoms with Crippen molar-refractivity contribution in [3.8, 4) is 0 Å². The normalized spacial score (nSPS) is 19.3. The summed E-state index contributed by atoms with van der Waals surface area (Å²) >= 11 is 0. The molecule has 3 rings (SSSR count). The maximum absolute atomic E-state index is 13.3. The Labute approximate surface area is 160 Å². The Balaban J connectivity index is 1.84. The minimum Gasteiger partial charge on any atom is -0.444 e. The lowest BCUT2D eigenvalue weighted by Crippen LogP contribution is -2.56. The van der Waals surface area contributed by atoms with Gasteiger partial charge in [-0.1, -0.05) is 12.1 Å². The van der Waals surface area contributed by atoms with Gasteiger partial charge in [-0.05, 0) is 39.8 Å². The number of nitrogens with zero attached hydrogens (tertiary/aromatic N) is 3. The number of aromatic nitrogens is 1. The number of benzene rings is 1. The molecule has 2 heterocycles. The number of hydrogen-bond donors (Lipinski definition) is 0. The van der Waals surface area contributed by atoms with Crippen LogP contribution in [-0.4, -0.2) is 60.0 Å². The molecule has 0 N–H and O–H groups in total. The Morgan fingerprint density at radius 1 is 1.22 bits per heavy atom. The number of sulfonamides is 1. The molecule has 27 heavy (non-hydrogen) atoms. The van der Waals surface area contributed by atoms with Crippen LogP contribution in [0, 0.1) is 0 Å². The Morgan fingerprint density at radius 3 is 2.63 bits per heavy atom. The van der Waals surface area contributed by atoms with Crippen molar-refractivity contribution in [1.82, 2.24) is 14.2 Å². The van der Waals surface area contributed by atoms with Crippen LogP contribution in [-0.2, 0) is 14.8 Å². The summed E-state index contributed by atoms with van der Waals surface area (Å²) in [5, 5.41) is 1.42. The molecule has 0 aliphatic carbocycles. The van der Waals surface area contributed by atoms with Crippen molar-refractivity contribution in [1.29, 1.82) is 0 Å². The number of carbonyl (C=O) groups is 1. The second-order valence-electron chi connectivity index (χ2n) is 7.74. The van der Waals surface area contributed by atoms with Crippen LogP contribution < -0.4 is 0 Å². The molecule has 1 saturated heterocycles. The molecule has 7 nitrogen and oxygen atoms in total. The van der Waals surface area contributed by atoms with Gasteiger partial charge in [-0.2, -0.15) is 4.31 Å². The third-order valence-electron chi connectivity index (χ3n) is 4.45. The summed E-state index contributed by atoms with van der Waals surface area (Å²) in [4.78, 5) is 18.2. The van der Waals surface area contributed by atoms with Crippen molar-refractivity contribution < 1.29 is 17.9 Å². The topological polar surface area (TPSA) is 79.8 Å². The molecule has 1 amide bonds. The molecule has 1 atom stereocenters. The molecular weight excluding hydrogens is 366 g/mol. The highest BCUT2D eigenvalue weighted by Gasteiger charge is 2.37. The first-order valence-electron chi connectivity index (χ1n) is 8.92. The number of ether oxygens (including phenoxy) is 1. The van der Waals surface area contributed by atoms with Gasteiger partial charge >= 0.3 is 6.09 Å². The van der Waals surface area contributed by atoms with Gasteiger partial charge in [-0.25, -0.2) is 13.2 Å². The van der Waals surface area contributed by atoms with Crippen LogP contribution in [0.25, 0.3) is 10.8 Å². The zero-order valence-corrected chi connectivity index (χ0v) is 16.9. The Morgan fingerprint density at radius 2 is 1.96 bits per heavy atom. The molecule has 0 bridgehead atoms. The van der Waals surface area contributed by atoms with Crippen molar-refractivity contribution >= 4 is 26.9 Å². The van der Waals surface area contributed by atoms with Crippen molar-refractivity contribution in [2.24, 2.45) is 0 Å². The number of hydrogen-bond acceptors (Lipinski definition) is 5. The SMILES string of the molecule is CC1CN(C(=O)OC(C)(C)C)CCN1S(=O)(=O)c1cccc2cnccc12. The Bertz CT molecular complexity index is 948.